The van der Waals surface area contributed by atoms with Crippen LogP contribution in [0.25, 0.3) is 0 Å². The molecule has 0 amide bonds. The Bertz CT molecular complexity index is 604. The van der Waals surface area contributed by atoms with E-state index in [4.69, 9.17) is 23.2 Å². The van der Waals surface area contributed by atoms with Crippen LogP contribution in [0, 0.1) is 5.82 Å². The van der Waals surface area contributed by atoms with Crippen LogP contribution in [0.4, 0.5) is 4.39 Å². The number of hydrogen-bond acceptors (Lipinski definition) is 2. The van der Waals surface area contributed by atoms with Crippen LogP contribution >= 0.6 is 23.2 Å². The number of aliphatic hydroxyl groups excluding tert-OH is 1. The monoisotopic (exact) mass is 327 g/mol. The normalized spacial score (nSPS) is 14.0. The van der Waals surface area contributed by atoms with Gasteiger partial charge in [-0.25, -0.2) is 4.39 Å². The van der Waals surface area contributed by atoms with E-state index < -0.39 is 5.82 Å². The van der Waals surface area contributed by atoms with E-state index in [0.717, 1.165) is 5.56 Å². The first kappa shape index (κ1) is 16.2. The van der Waals surface area contributed by atoms with E-state index in [2.05, 4.69) is 5.32 Å². The third-order valence-electron chi connectivity index (χ3n) is 3.35. The smallest absolute Gasteiger partial charge is 0.142 e. The molecule has 112 valence electrons. The van der Waals surface area contributed by atoms with Crippen LogP contribution in [0.1, 0.15) is 30.1 Å². The number of nitrogens with one attached hydrogen (secondary N) is 1. The first-order chi connectivity index (χ1) is 10.0. The Hall–Kier alpha value is -1.13. The highest BCUT2D eigenvalue weighted by atomic mass is 35.5. The summed E-state index contributed by atoms with van der Waals surface area (Å²) in [6.45, 7) is 1.83. The SMILES string of the molecule is C[C@H](N[C@H](CO)c1ccc(Cl)c(F)c1)c1ccc(Cl)cc1. The van der Waals surface area contributed by atoms with Gasteiger partial charge >= 0.3 is 0 Å². The molecule has 0 aromatic heterocycles. The zero-order valence-electron chi connectivity index (χ0n) is 11.5. The highest BCUT2D eigenvalue weighted by Gasteiger charge is 2.16. The van der Waals surface area contributed by atoms with Gasteiger partial charge in [0, 0.05) is 11.1 Å². The summed E-state index contributed by atoms with van der Waals surface area (Å²) >= 11 is 11.5. The first-order valence-corrected chi connectivity index (χ1v) is 7.34. The van der Waals surface area contributed by atoms with Crippen LogP contribution in [-0.4, -0.2) is 11.7 Å². The van der Waals surface area contributed by atoms with Crippen molar-refractivity contribution in [3.63, 3.8) is 0 Å². The van der Waals surface area contributed by atoms with Gasteiger partial charge in [0.1, 0.15) is 5.82 Å². The lowest BCUT2D eigenvalue weighted by Crippen LogP contribution is -2.27. The number of benzene rings is 2. The molecular formula is C16H16Cl2FNO. The van der Waals surface area contributed by atoms with E-state index in [1.807, 2.05) is 31.2 Å². The fourth-order valence-corrected chi connectivity index (χ4v) is 2.38. The van der Waals surface area contributed by atoms with Crippen LogP contribution < -0.4 is 5.32 Å². The van der Waals surface area contributed by atoms with E-state index >= 15 is 0 Å². The van der Waals surface area contributed by atoms with Gasteiger partial charge in [-0.15, -0.1) is 0 Å². The van der Waals surface area contributed by atoms with Gasteiger partial charge in [-0.05, 0) is 42.3 Å². The quantitative estimate of drug-likeness (QED) is 0.846. The molecule has 0 saturated heterocycles. The number of rotatable bonds is 5. The molecule has 0 aliphatic rings. The largest absolute Gasteiger partial charge is 0.394 e. The minimum atomic E-state index is -0.492. The summed E-state index contributed by atoms with van der Waals surface area (Å²) in [5, 5.41) is 13.5. The van der Waals surface area contributed by atoms with Crippen molar-refractivity contribution in [3.8, 4) is 0 Å². The Morgan fingerprint density at radius 1 is 1.10 bits per heavy atom. The molecule has 2 aromatic carbocycles. The Labute approximate surface area is 133 Å². The van der Waals surface area contributed by atoms with Crippen LogP contribution in [-0.2, 0) is 0 Å². The zero-order chi connectivity index (χ0) is 15.4. The molecule has 2 N–H and O–H groups in total. The second-order valence-electron chi connectivity index (χ2n) is 4.85. The predicted octanol–water partition coefficient (Wildman–Crippen LogP) is 4.52. The maximum atomic E-state index is 13.5. The van der Waals surface area contributed by atoms with Crippen LogP contribution in [0.2, 0.25) is 10.0 Å². The molecule has 0 unspecified atom stereocenters. The van der Waals surface area contributed by atoms with Gasteiger partial charge < -0.3 is 10.4 Å². The Balaban J connectivity index is 2.14. The van der Waals surface area contributed by atoms with Gasteiger partial charge in [0.25, 0.3) is 0 Å². The Kier molecular flexibility index (Phi) is 5.59. The van der Waals surface area contributed by atoms with Gasteiger partial charge in [-0.2, -0.15) is 0 Å². The molecule has 2 nitrogen and oxygen atoms in total. The molecule has 2 atom stereocenters. The molecule has 2 rings (SSSR count). The number of hydrogen-bond donors (Lipinski definition) is 2. The van der Waals surface area contributed by atoms with E-state index in [-0.39, 0.29) is 23.7 Å². The molecule has 0 radical (unpaired) electrons. The fourth-order valence-electron chi connectivity index (χ4n) is 2.13. The summed E-state index contributed by atoms with van der Waals surface area (Å²) in [6, 6.07) is 11.6. The van der Waals surface area contributed by atoms with Gasteiger partial charge in [0.2, 0.25) is 0 Å². The summed E-state index contributed by atoms with van der Waals surface area (Å²) in [4.78, 5) is 0. The average Bonchev–Trinajstić information content (AvgIpc) is 2.48. The van der Waals surface area contributed by atoms with Gasteiger partial charge in [-0.1, -0.05) is 41.4 Å². The molecule has 2 aromatic rings. The summed E-state index contributed by atoms with van der Waals surface area (Å²) in [7, 11) is 0. The van der Waals surface area contributed by atoms with E-state index in [1.54, 1.807) is 6.07 Å². The minimum Gasteiger partial charge on any atom is -0.394 e. The zero-order valence-corrected chi connectivity index (χ0v) is 13.0. The molecule has 0 aliphatic heterocycles. The summed E-state index contributed by atoms with van der Waals surface area (Å²) in [5.41, 5.74) is 1.69. The highest BCUT2D eigenvalue weighted by molar-refractivity contribution is 6.30. The average molecular weight is 328 g/mol. The minimum absolute atomic E-state index is 0.0156. The summed E-state index contributed by atoms with van der Waals surface area (Å²) in [6.07, 6.45) is 0. The maximum absolute atomic E-state index is 13.5. The maximum Gasteiger partial charge on any atom is 0.142 e. The predicted molar refractivity (Wildman–Crippen MR) is 84.2 cm³/mol. The van der Waals surface area contributed by atoms with Crippen LogP contribution in [0.15, 0.2) is 42.5 Å². The molecular weight excluding hydrogens is 312 g/mol. The Morgan fingerprint density at radius 3 is 2.29 bits per heavy atom. The highest BCUT2D eigenvalue weighted by Crippen LogP contribution is 2.23. The molecule has 0 aliphatic carbocycles. The van der Waals surface area contributed by atoms with Crippen molar-refractivity contribution >= 4 is 23.2 Å². The molecule has 0 saturated carbocycles. The lowest BCUT2D eigenvalue weighted by atomic mass is 10.0. The standard InChI is InChI=1S/C16H16Cl2FNO/c1-10(11-2-5-13(17)6-3-11)20-16(9-21)12-4-7-14(18)15(19)8-12/h2-8,10,16,20-21H,9H2,1H3/t10-,16+/m0/s1. The third kappa shape index (κ3) is 4.17. The van der Waals surface area contributed by atoms with E-state index in [9.17, 15) is 9.50 Å². The van der Waals surface area contributed by atoms with Gasteiger partial charge in [0.05, 0.1) is 17.7 Å². The van der Waals surface area contributed by atoms with Crippen molar-refractivity contribution < 1.29 is 9.50 Å². The van der Waals surface area contributed by atoms with Crippen molar-refractivity contribution in [2.75, 3.05) is 6.61 Å². The molecule has 5 heteroatoms. The van der Waals surface area contributed by atoms with Crippen molar-refractivity contribution in [1.29, 1.82) is 0 Å². The van der Waals surface area contributed by atoms with Crippen LogP contribution in [0.5, 0.6) is 0 Å². The lowest BCUT2D eigenvalue weighted by Gasteiger charge is -2.22. The van der Waals surface area contributed by atoms with Crippen LogP contribution in [0.3, 0.4) is 0 Å². The van der Waals surface area contributed by atoms with E-state index in [1.165, 1.54) is 12.1 Å². The molecule has 0 bridgehead atoms. The second-order valence-corrected chi connectivity index (χ2v) is 5.69. The summed E-state index contributed by atoms with van der Waals surface area (Å²) in [5.74, 6) is -0.492. The molecule has 21 heavy (non-hydrogen) atoms. The van der Waals surface area contributed by atoms with Gasteiger partial charge in [-0.3, -0.25) is 0 Å². The third-order valence-corrected chi connectivity index (χ3v) is 3.91. The summed E-state index contributed by atoms with van der Waals surface area (Å²) < 4.78 is 13.5. The topological polar surface area (TPSA) is 32.3 Å². The van der Waals surface area contributed by atoms with Crippen molar-refractivity contribution in [3.05, 3.63) is 69.5 Å². The molecule has 0 heterocycles. The number of aliphatic hydroxyl groups is 1. The molecule has 0 spiro atoms. The van der Waals surface area contributed by atoms with Crippen molar-refractivity contribution in [2.45, 2.75) is 19.0 Å². The first-order valence-electron chi connectivity index (χ1n) is 6.58. The fraction of sp³-hybridized carbons (Fsp3) is 0.250. The van der Waals surface area contributed by atoms with Crippen molar-refractivity contribution in [1.82, 2.24) is 5.32 Å². The Morgan fingerprint density at radius 2 is 1.71 bits per heavy atom. The molecule has 0 fully saturated rings. The number of halogens is 3. The van der Waals surface area contributed by atoms with Crippen molar-refractivity contribution in [2.24, 2.45) is 0 Å². The second kappa shape index (κ2) is 7.23. The van der Waals surface area contributed by atoms with E-state index in [0.29, 0.717) is 10.6 Å². The lowest BCUT2D eigenvalue weighted by molar-refractivity contribution is 0.235. The van der Waals surface area contributed by atoms with Gasteiger partial charge in [0.15, 0.2) is 0 Å².